The molecule has 0 saturated heterocycles. The minimum atomic E-state index is 0. The van der Waals surface area contributed by atoms with Gasteiger partial charge in [0.25, 0.3) is 0 Å². The van der Waals surface area contributed by atoms with Gasteiger partial charge in [0.15, 0.2) is 22.7 Å². The molecule has 0 N–H and O–H groups in total. The van der Waals surface area contributed by atoms with Crippen LogP contribution in [0.1, 0.15) is 0 Å². The van der Waals surface area contributed by atoms with Crippen molar-refractivity contribution >= 4 is 22.7 Å². The summed E-state index contributed by atoms with van der Waals surface area (Å²) in [6.07, 6.45) is 0. The number of nitrogens with zero attached hydrogens (tertiary/aromatic N) is 4. The van der Waals surface area contributed by atoms with Gasteiger partial charge in [-0.25, -0.2) is 19.4 Å². The molecule has 0 bridgehead atoms. The number of hydrogen-bond acceptors (Lipinski definition) is 0. The molecule has 0 fully saturated rings. The molecule has 5 heteroatoms. The first kappa shape index (κ1) is 28.3. The predicted molar refractivity (Wildman–Crippen MR) is 131 cm³/mol. The molecule has 4 nitrogen and oxygen atoms in total. The smallest absolute Gasteiger partial charge is 0.187 e. The van der Waals surface area contributed by atoms with Crippen molar-refractivity contribution in [2.24, 2.45) is 0 Å². The first-order valence-electron chi connectivity index (χ1n) is 9.43. The molecule has 0 radical (unpaired) electrons. The average Bonchev–Trinajstić information content (AvgIpc) is 2.91. The Hall–Kier alpha value is -4.67. The fraction of sp³-hybridized carbons (Fsp3) is 0. The zero-order valence-corrected chi connectivity index (χ0v) is 18.6. The summed E-state index contributed by atoms with van der Waals surface area (Å²) in [5, 5.41) is 0. The van der Waals surface area contributed by atoms with Crippen molar-refractivity contribution in [3.8, 4) is 0 Å². The maximum atomic E-state index is 6.57. The molecule has 0 heterocycles. The third-order valence-corrected chi connectivity index (χ3v) is 3.54. The molecule has 0 aliphatic heterocycles. The SMILES string of the molecule is [C-]#[N+]c1ccccc1.[C-]#[N+]c1ccccc1.[C-]#[N+]c1ccccc1.[C-]#[N+]c1ccccc1.[Ni]. The van der Waals surface area contributed by atoms with Crippen molar-refractivity contribution in [1.29, 1.82) is 0 Å². The van der Waals surface area contributed by atoms with Crippen LogP contribution >= 0.6 is 0 Å². The number of hydrogen-bond donors (Lipinski definition) is 0. The molecule has 0 aliphatic carbocycles. The van der Waals surface area contributed by atoms with Crippen LogP contribution in [0.2, 0.25) is 0 Å². The summed E-state index contributed by atoms with van der Waals surface area (Å²) < 4.78 is 0. The van der Waals surface area contributed by atoms with Gasteiger partial charge in [-0.2, -0.15) is 0 Å². The van der Waals surface area contributed by atoms with Gasteiger partial charge in [0.05, 0.1) is 26.3 Å². The van der Waals surface area contributed by atoms with Crippen LogP contribution in [0.25, 0.3) is 19.4 Å². The molecule has 0 amide bonds. The molecular formula is C28H20N4Ni. The van der Waals surface area contributed by atoms with E-state index in [1.807, 2.05) is 72.8 Å². The molecule has 0 spiro atoms. The molecule has 0 atom stereocenters. The summed E-state index contributed by atoms with van der Waals surface area (Å²) >= 11 is 0. The molecule has 0 saturated carbocycles. The largest absolute Gasteiger partial charge is 0.238 e. The zero-order valence-electron chi connectivity index (χ0n) is 17.7. The first-order valence-corrected chi connectivity index (χ1v) is 9.43. The predicted octanol–water partition coefficient (Wildman–Crippen LogP) is 8.95. The molecule has 162 valence electrons. The average molecular weight is 471 g/mol. The molecule has 0 aromatic heterocycles. The van der Waals surface area contributed by atoms with Crippen molar-refractivity contribution in [2.75, 3.05) is 0 Å². The summed E-state index contributed by atoms with van der Waals surface area (Å²) in [6, 6.07) is 36.7. The molecule has 4 aromatic rings. The van der Waals surface area contributed by atoms with Gasteiger partial charge in [0.1, 0.15) is 0 Å². The third kappa shape index (κ3) is 14.1. The molecule has 4 aromatic carbocycles. The summed E-state index contributed by atoms with van der Waals surface area (Å²) in [7, 11) is 0. The Kier molecular flexibility index (Phi) is 16.6. The van der Waals surface area contributed by atoms with E-state index >= 15 is 0 Å². The molecule has 0 aliphatic rings. The maximum absolute atomic E-state index is 6.57. The fourth-order valence-corrected chi connectivity index (χ4v) is 2.01. The second kappa shape index (κ2) is 19.3. The minimum absolute atomic E-state index is 0. The van der Waals surface area contributed by atoms with Gasteiger partial charge in [-0.15, -0.1) is 0 Å². The van der Waals surface area contributed by atoms with E-state index in [4.69, 9.17) is 26.3 Å². The van der Waals surface area contributed by atoms with Gasteiger partial charge >= 0.3 is 0 Å². The van der Waals surface area contributed by atoms with E-state index in [0.29, 0.717) is 22.7 Å². The van der Waals surface area contributed by atoms with Crippen molar-refractivity contribution in [2.45, 2.75) is 0 Å². The van der Waals surface area contributed by atoms with Crippen LogP contribution in [-0.2, 0) is 16.5 Å². The van der Waals surface area contributed by atoms with Gasteiger partial charge in [-0.3, -0.25) is 0 Å². The number of rotatable bonds is 0. The van der Waals surface area contributed by atoms with E-state index in [0.717, 1.165) is 0 Å². The second-order valence-corrected chi connectivity index (χ2v) is 5.79. The standard InChI is InChI=1S/4C7H5N.Ni/c4*1-8-7-5-3-2-4-6-7;/h4*2-6H;. The topological polar surface area (TPSA) is 17.4 Å². The van der Waals surface area contributed by atoms with Gasteiger partial charge in [-0.05, 0) is 0 Å². The van der Waals surface area contributed by atoms with Crippen molar-refractivity contribution in [3.05, 3.63) is 167 Å². The molecule has 33 heavy (non-hydrogen) atoms. The van der Waals surface area contributed by atoms with Crippen LogP contribution in [0.15, 0.2) is 121 Å². The summed E-state index contributed by atoms with van der Waals surface area (Å²) in [6.45, 7) is 26.3. The fourth-order valence-electron chi connectivity index (χ4n) is 2.01. The Morgan fingerprint density at radius 2 is 0.455 bits per heavy atom. The Labute approximate surface area is 206 Å². The molecule has 0 unspecified atom stereocenters. The van der Waals surface area contributed by atoms with E-state index in [2.05, 4.69) is 19.4 Å². The van der Waals surface area contributed by atoms with Gasteiger partial charge in [-0.1, -0.05) is 121 Å². The van der Waals surface area contributed by atoms with Gasteiger partial charge in [0.2, 0.25) is 0 Å². The van der Waals surface area contributed by atoms with Crippen molar-refractivity contribution in [3.63, 3.8) is 0 Å². The monoisotopic (exact) mass is 470 g/mol. The van der Waals surface area contributed by atoms with E-state index in [9.17, 15) is 0 Å². The first-order chi connectivity index (χ1) is 15.7. The van der Waals surface area contributed by atoms with Gasteiger partial charge < -0.3 is 0 Å². The third-order valence-electron chi connectivity index (χ3n) is 3.54. The van der Waals surface area contributed by atoms with Crippen LogP contribution in [0.4, 0.5) is 22.7 Å². The Morgan fingerprint density at radius 1 is 0.303 bits per heavy atom. The van der Waals surface area contributed by atoms with Crippen molar-refractivity contribution < 1.29 is 16.5 Å². The Morgan fingerprint density at radius 3 is 0.545 bits per heavy atom. The van der Waals surface area contributed by atoms with Crippen LogP contribution in [-0.4, -0.2) is 0 Å². The Bertz CT molecular complexity index is 986. The molecular weight excluding hydrogens is 451 g/mol. The maximum Gasteiger partial charge on any atom is 0.187 e. The second-order valence-electron chi connectivity index (χ2n) is 5.79. The summed E-state index contributed by atoms with van der Waals surface area (Å²) in [4.78, 5) is 12.9. The summed E-state index contributed by atoms with van der Waals surface area (Å²) in [5.41, 5.74) is 2.81. The molecule has 4 rings (SSSR count). The van der Waals surface area contributed by atoms with Crippen LogP contribution in [0.5, 0.6) is 0 Å². The van der Waals surface area contributed by atoms with E-state index < -0.39 is 0 Å². The van der Waals surface area contributed by atoms with E-state index in [1.54, 1.807) is 48.5 Å². The van der Waals surface area contributed by atoms with Crippen LogP contribution in [0.3, 0.4) is 0 Å². The van der Waals surface area contributed by atoms with Gasteiger partial charge in [0, 0.05) is 16.5 Å². The minimum Gasteiger partial charge on any atom is -0.238 e. The number of benzene rings is 4. The quantitative estimate of drug-likeness (QED) is 0.180. The van der Waals surface area contributed by atoms with Crippen LogP contribution in [0, 0.1) is 26.3 Å². The van der Waals surface area contributed by atoms with E-state index in [-0.39, 0.29) is 16.5 Å². The van der Waals surface area contributed by atoms with Crippen molar-refractivity contribution in [1.82, 2.24) is 0 Å². The summed E-state index contributed by atoms with van der Waals surface area (Å²) in [5.74, 6) is 0. The van der Waals surface area contributed by atoms with Crippen LogP contribution < -0.4 is 0 Å². The normalized spacial score (nSPS) is 7.64. The zero-order chi connectivity index (χ0) is 23.3. The Balaban J connectivity index is 0.000000410. The number of para-hydroxylation sites is 4. The van der Waals surface area contributed by atoms with E-state index in [1.165, 1.54) is 0 Å².